The molecule has 0 aliphatic rings. The number of rotatable bonds is 5. The van der Waals surface area contributed by atoms with Crippen molar-refractivity contribution in [3.8, 4) is 0 Å². The maximum Gasteiger partial charge on any atom is 0.410 e. The fourth-order valence-corrected chi connectivity index (χ4v) is 1.73. The number of guanidine groups is 1. The first kappa shape index (κ1) is 25.5. The predicted octanol–water partition coefficient (Wildman–Crippen LogP) is 3.60. The summed E-state index contributed by atoms with van der Waals surface area (Å²) in [4.78, 5) is 18.2. The molecule has 0 spiro atoms. The summed E-state index contributed by atoms with van der Waals surface area (Å²) in [5, 5.41) is 6.58. The molecule has 0 heterocycles. The number of amides is 1. The number of carbonyl (C=O) groups is 1. The van der Waals surface area contributed by atoms with E-state index in [2.05, 4.69) is 36.4 Å². The second kappa shape index (κ2) is 11.0. The summed E-state index contributed by atoms with van der Waals surface area (Å²) in [6.07, 6.45) is 0.477. The lowest BCUT2D eigenvalue weighted by Gasteiger charge is -2.28. The summed E-state index contributed by atoms with van der Waals surface area (Å²) < 4.78 is 5.38. The van der Waals surface area contributed by atoms with Gasteiger partial charge in [0.25, 0.3) is 0 Å². The first-order valence-electron chi connectivity index (χ1n) is 8.38. The summed E-state index contributed by atoms with van der Waals surface area (Å²) in [5.74, 6) is 0.798. The molecule has 1 amide bonds. The Morgan fingerprint density at radius 1 is 1.21 bits per heavy atom. The lowest BCUT2D eigenvalue weighted by molar-refractivity contribution is 0.0231. The highest BCUT2D eigenvalue weighted by molar-refractivity contribution is 14.0. The molecule has 0 aliphatic carbocycles. The van der Waals surface area contributed by atoms with Gasteiger partial charge in [-0.3, -0.25) is 4.99 Å². The molecule has 0 saturated heterocycles. The Labute approximate surface area is 165 Å². The Kier molecular flexibility index (Phi) is 11.7. The SMILES string of the molecule is CCNC(=NCCC(C)N(C)C(=O)OC(C)(C)C)NC(C)(C)C.I. The summed E-state index contributed by atoms with van der Waals surface area (Å²) in [7, 11) is 1.76. The maximum atomic E-state index is 12.0. The van der Waals surface area contributed by atoms with Gasteiger partial charge in [-0.1, -0.05) is 0 Å². The van der Waals surface area contributed by atoms with Crippen molar-refractivity contribution in [2.45, 2.75) is 79.0 Å². The van der Waals surface area contributed by atoms with Crippen LogP contribution < -0.4 is 10.6 Å². The zero-order valence-electron chi connectivity index (χ0n) is 16.8. The molecule has 0 saturated carbocycles. The Morgan fingerprint density at radius 2 is 1.75 bits per heavy atom. The molecule has 0 radical (unpaired) electrons. The highest BCUT2D eigenvalue weighted by atomic mass is 127. The van der Waals surface area contributed by atoms with Gasteiger partial charge >= 0.3 is 6.09 Å². The van der Waals surface area contributed by atoms with E-state index < -0.39 is 5.60 Å². The van der Waals surface area contributed by atoms with Gasteiger partial charge in [0.05, 0.1) is 0 Å². The minimum Gasteiger partial charge on any atom is -0.444 e. The minimum atomic E-state index is -0.474. The fraction of sp³-hybridized carbons (Fsp3) is 0.882. The van der Waals surface area contributed by atoms with Crippen molar-refractivity contribution in [2.24, 2.45) is 4.99 Å². The monoisotopic (exact) mass is 456 g/mol. The predicted molar refractivity (Wildman–Crippen MR) is 112 cm³/mol. The van der Waals surface area contributed by atoms with E-state index in [0.29, 0.717) is 6.54 Å². The van der Waals surface area contributed by atoms with Gasteiger partial charge in [-0.25, -0.2) is 4.79 Å². The van der Waals surface area contributed by atoms with Gasteiger partial charge in [0.1, 0.15) is 5.60 Å². The molecule has 6 nitrogen and oxygen atoms in total. The molecule has 0 fully saturated rings. The van der Waals surface area contributed by atoms with Crippen LogP contribution in [-0.4, -0.2) is 54.3 Å². The minimum absolute atomic E-state index is 0. The van der Waals surface area contributed by atoms with Crippen molar-refractivity contribution in [3.63, 3.8) is 0 Å². The highest BCUT2D eigenvalue weighted by Gasteiger charge is 2.22. The van der Waals surface area contributed by atoms with E-state index in [1.165, 1.54) is 0 Å². The maximum absolute atomic E-state index is 12.0. The van der Waals surface area contributed by atoms with Gasteiger partial charge in [0.15, 0.2) is 5.96 Å². The third-order valence-corrected chi connectivity index (χ3v) is 3.00. The van der Waals surface area contributed by atoms with Gasteiger partial charge in [-0.05, 0) is 61.8 Å². The van der Waals surface area contributed by atoms with Gasteiger partial charge in [-0.2, -0.15) is 0 Å². The number of hydrogen-bond acceptors (Lipinski definition) is 3. The smallest absolute Gasteiger partial charge is 0.410 e. The molecular formula is C17H37IN4O2. The van der Waals surface area contributed by atoms with E-state index in [0.717, 1.165) is 18.9 Å². The molecule has 0 aromatic carbocycles. The number of nitrogens with one attached hydrogen (secondary N) is 2. The van der Waals surface area contributed by atoms with Crippen LogP contribution in [-0.2, 0) is 4.74 Å². The highest BCUT2D eigenvalue weighted by Crippen LogP contribution is 2.12. The first-order chi connectivity index (χ1) is 10.4. The molecule has 0 rings (SSSR count). The molecule has 24 heavy (non-hydrogen) atoms. The lowest BCUT2D eigenvalue weighted by atomic mass is 10.1. The lowest BCUT2D eigenvalue weighted by Crippen LogP contribution is -2.47. The normalized spacial score (nSPS) is 13.6. The van der Waals surface area contributed by atoms with Crippen LogP contribution in [0, 0.1) is 0 Å². The van der Waals surface area contributed by atoms with E-state index in [1.807, 2.05) is 34.6 Å². The number of hydrogen-bond donors (Lipinski definition) is 2. The van der Waals surface area contributed by atoms with Crippen LogP contribution in [0.4, 0.5) is 4.79 Å². The average molecular weight is 456 g/mol. The quantitative estimate of drug-likeness (QED) is 0.377. The molecule has 144 valence electrons. The number of aliphatic imine (C=N–C) groups is 1. The van der Waals surface area contributed by atoms with E-state index in [1.54, 1.807) is 11.9 Å². The van der Waals surface area contributed by atoms with Crippen molar-refractivity contribution in [1.29, 1.82) is 0 Å². The number of ether oxygens (including phenoxy) is 1. The second-order valence-corrected chi connectivity index (χ2v) is 7.86. The van der Waals surface area contributed by atoms with Crippen molar-refractivity contribution in [1.82, 2.24) is 15.5 Å². The van der Waals surface area contributed by atoms with Crippen LogP contribution in [0.1, 0.15) is 61.8 Å². The van der Waals surface area contributed by atoms with E-state index in [-0.39, 0.29) is 41.7 Å². The number of halogens is 1. The molecule has 1 atom stereocenters. The van der Waals surface area contributed by atoms with Gasteiger partial charge in [0.2, 0.25) is 0 Å². The van der Waals surface area contributed by atoms with Crippen LogP contribution in [0.25, 0.3) is 0 Å². The van der Waals surface area contributed by atoms with Crippen LogP contribution >= 0.6 is 24.0 Å². The molecule has 2 N–H and O–H groups in total. The van der Waals surface area contributed by atoms with Crippen molar-refractivity contribution in [3.05, 3.63) is 0 Å². The van der Waals surface area contributed by atoms with Gasteiger partial charge in [-0.15, -0.1) is 24.0 Å². The number of nitrogens with zero attached hydrogens (tertiary/aromatic N) is 2. The largest absolute Gasteiger partial charge is 0.444 e. The van der Waals surface area contributed by atoms with Crippen LogP contribution in [0.15, 0.2) is 4.99 Å². The Bertz CT molecular complexity index is 400. The van der Waals surface area contributed by atoms with Crippen molar-refractivity contribution in [2.75, 3.05) is 20.1 Å². The van der Waals surface area contributed by atoms with Crippen molar-refractivity contribution >= 4 is 36.0 Å². The Balaban J connectivity index is 0. The van der Waals surface area contributed by atoms with Gasteiger partial charge < -0.3 is 20.3 Å². The molecule has 0 bridgehead atoms. The zero-order chi connectivity index (χ0) is 18.3. The standard InChI is InChI=1S/C17H36N4O2.HI/c1-10-18-14(20-16(3,4)5)19-12-11-13(2)21(9)15(22)23-17(6,7)8;/h13H,10-12H2,1-9H3,(H2,18,19,20);1H. The fourth-order valence-electron chi connectivity index (χ4n) is 1.73. The summed E-state index contributed by atoms with van der Waals surface area (Å²) >= 11 is 0. The first-order valence-corrected chi connectivity index (χ1v) is 8.38. The molecule has 0 aromatic heterocycles. The molecule has 7 heteroatoms. The topological polar surface area (TPSA) is 66.0 Å². The summed E-state index contributed by atoms with van der Waals surface area (Å²) in [6, 6.07) is 0.0612. The van der Waals surface area contributed by atoms with Crippen LogP contribution in [0.5, 0.6) is 0 Å². The molecule has 0 aromatic rings. The van der Waals surface area contributed by atoms with Crippen LogP contribution in [0.3, 0.4) is 0 Å². The molecular weight excluding hydrogens is 419 g/mol. The van der Waals surface area contributed by atoms with E-state index in [9.17, 15) is 4.79 Å². The summed E-state index contributed by atoms with van der Waals surface area (Å²) in [5.41, 5.74) is -0.516. The van der Waals surface area contributed by atoms with Crippen LogP contribution in [0.2, 0.25) is 0 Å². The zero-order valence-corrected chi connectivity index (χ0v) is 19.1. The van der Waals surface area contributed by atoms with Crippen molar-refractivity contribution < 1.29 is 9.53 Å². The van der Waals surface area contributed by atoms with E-state index in [4.69, 9.17) is 4.74 Å². The third-order valence-electron chi connectivity index (χ3n) is 3.00. The second-order valence-electron chi connectivity index (χ2n) is 7.86. The van der Waals surface area contributed by atoms with E-state index >= 15 is 0 Å². The Morgan fingerprint density at radius 3 is 2.17 bits per heavy atom. The number of carbonyl (C=O) groups excluding carboxylic acids is 1. The molecule has 0 aliphatic heterocycles. The van der Waals surface area contributed by atoms with Gasteiger partial charge in [0, 0.05) is 31.7 Å². The molecule has 1 unspecified atom stereocenters. The average Bonchev–Trinajstić information content (AvgIpc) is 2.33. The third kappa shape index (κ3) is 12.7. The summed E-state index contributed by atoms with van der Waals surface area (Å²) in [6.45, 7) is 17.4. The Hall–Kier alpha value is -0.730.